The highest BCUT2D eigenvalue weighted by Crippen LogP contribution is 2.97. The van der Waals surface area contributed by atoms with E-state index in [-0.39, 0.29) is 11.3 Å². The molecule has 92 valence electrons. The first-order valence-corrected chi connectivity index (χ1v) is 7.03. The van der Waals surface area contributed by atoms with Crippen LogP contribution in [0.4, 0.5) is 0 Å². The standard InChI is InChI=1S/C16H17NO/c17-13(18)15-8-12-6-11-7-14(9-15,16(11,12)15)10-4-2-1-3-5-10/h1-5,11-12H,6-9H2,(H2,17,18). The lowest BCUT2D eigenvalue weighted by molar-refractivity contribution is -0.429. The van der Waals surface area contributed by atoms with Crippen molar-refractivity contribution >= 4 is 5.91 Å². The maximum atomic E-state index is 11.9. The predicted molar refractivity (Wildman–Crippen MR) is 67.6 cm³/mol. The molecule has 4 saturated carbocycles. The first-order valence-electron chi connectivity index (χ1n) is 7.03. The van der Waals surface area contributed by atoms with Crippen molar-refractivity contribution in [1.29, 1.82) is 0 Å². The van der Waals surface area contributed by atoms with Crippen LogP contribution in [0.2, 0.25) is 0 Å². The number of primary amides is 1. The molecule has 2 N–H and O–H groups in total. The van der Waals surface area contributed by atoms with E-state index in [4.69, 9.17) is 5.73 Å². The molecule has 5 rings (SSSR count). The number of nitrogens with two attached hydrogens (primary N) is 1. The Morgan fingerprint density at radius 3 is 2.50 bits per heavy atom. The van der Waals surface area contributed by atoms with Gasteiger partial charge in [-0.15, -0.1) is 0 Å². The van der Waals surface area contributed by atoms with Crippen LogP contribution >= 0.6 is 0 Å². The van der Waals surface area contributed by atoms with Crippen LogP contribution in [0, 0.1) is 22.7 Å². The summed E-state index contributed by atoms with van der Waals surface area (Å²) in [5.41, 5.74) is 7.69. The van der Waals surface area contributed by atoms with Gasteiger partial charge in [-0.25, -0.2) is 0 Å². The molecule has 4 fully saturated rings. The maximum Gasteiger partial charge on any atom is 0.224 e. The van der Waals surface area contributed by atoms with Gasteiger partial charge < -0.3 is 5.73 Å². The molecule has 4 aliphatic rings. The molecule has 1 aromatic rings. The summed E-state index contributed by atoms with van der Waals surface area (Å²) < 4.78 is 0. The van der Waals surface area contributed by atoms with Gasteiger partial charge in [0.15, 0.2) is 0 Å². The van der Waals surface area contributed by atoms with Gasteiger partial charge in [-0.2, -0.15) is 0 Å². The molecule has 0 saturated heterocycles. The third-order valence-electron chi connectivity index (χ3n) is 7.03. The first kappa shape index (κ1) is 9.60. The van der Waals surface area contributed by atoms with E-state index >= 15 is 0 Å². The Hall–Kier alpha value is -1.31. The normalized spacial score (nSPS) is 53.8. The van der Waals surface area contributed by atoms with E-state index in [0.717, 1.165) is 24.7 Å². The Morgan fingerprint density at radius 2 is 1.89 bits per heavy atom. The second-order valence-electron chi connectivity index (χ2n) is 6.98. The zero-order valence-electron chi connectivity index (χ0n) is 10.4. The molecule has 2 heteroatoms. The summed E-state index contributed by atoms with van der Waals surface area (Å²) in [6.45, 7) is 0. The highest BCUT2D eigenvalue weighted by atomic mass is 16.1. The topological polar surface area (TPSA) is 43.1 Å². The number of hydrogen-bond donors (Lipinski definition) is 1. The second-order valence-corrected chi connectivity index (χ2v) is 6.98. The number of amides is 1. The SMILES string of the molecule is NC(=O)C12CC3CC4CC(c5ccccc5)(C1)C342. The fourth-order valence-electron chi connectivity index (χ4n) is 6.77. The van der Waals surface area contributed by atoms with Crippen LogP contribution in [-0.2, 0) is 10.2 Å². The van der Waals surface area contributed by atoms with Gasteiger partial charge in [-0.3, -0.25) is 4.79 Å². The first-order chi connectivity index (χ1) is 8.67. The Bertz CT molecular complexity index is 576. The fraction of sp³-hybridized carbons (Fsp3) is 0.562. The molecule has 0 heterocycles. The van der Waals surface area contributed by atoms with Crippen LogP contribution in [0.25, 0.3) is 0 Å². The Morgan fingerprint density at radius 1 is 1.17 bits per heavy atom. The fourth-order valence-corrected chi connectivity index (χ4v) is 6.77. The summed E-state index contributed by atoms with van der Waals surface area (Å²) >= 11 is 0. The molecule has 1 amide bonds. The summed E-state index contributed by atoms with van der Waals surface area (Å²) in [6, 6.07) is 10.8. The van der Waals surface area contributed by atoms with Crippen LogP contribution in [0.15, 0.2) is 30.3 Å². The van der Waals surface area contributed by atoms with Crippen LogP contribution in [0.1, 0.15) is 31.2 Å². The van der Waals surface area contributed by atoms with E-state index < -0.39 is 0 Å². The van der Waals surface area contributed by atoms with Gasteiger partial charge >= 0.3 is 0 Å². The Balaban J connectivity index is 1.66. The molecule has 0 radical (unpaired) electrons. The number of carbonyl (C=O) groups is 1. The largest absolute Gasteiger partial charge is 0.369 e. The summed E-state index contributed by atoms with van der Waals surface area (Å²) in [6.07, 6.45) is 4.74. The molecule has 5 atom stereocenters. The van der Waals surface area contributed by atoms with Crippen molar-refractivity contribution in [3.63, 3.8) is 0 Å². The molecule has 0 aliphatic heterocycles. The van der Waals surface area contributed by atoms with Gasteiger partial charge in [0, 0.05) is 10.8 Å². The lowest BCUT2D eigenvalue weighted by Crippen LogP contribution is -2.94. The van der Waals surface area contributed by atoms with Gasteiger partial charge in [-0.1, -0.05) is 30.3 Å². The minimum atomic E-state index is -0.116. The average molecular weight is 239 g/mol. The number of hydrogen-bond acceptors (Lipinski definition) is 1. The average Bonchev–Trinajstić information content (AvgIpc) is 2.26. The van der Waals surface area contributed by atoms with Crippen molar-refractivity contribution in [3.8, 4) is 0 Å². The van der Waals surface area contributed by atoms with E-state index in [1.807, 2.05) is 0 Å². The summed E-state index contributed by atoms with van der Waals surface area (Å²) in [4.78, 5) is 11.9. The van der Waals surface area contributed by atoms with Crippen LogP contribution in [0.3, 0.4) is 0 Å². The lowest BCUT2D eigenvalue weighted by atomic mass is 9.07. The number of benzene rings is 1. The van der Waals surface area contributed by atoms with E-state index in [1.54, 1.807) is 0 Å². The minimum Gasteiger partial charge on any atom is -0.369 e. The Kier molecular flexibility index (Phi) is 1.27. The molecular formula is C16H17NO. The van der Waals surface area contributed by atoms with Crippen molar-refractivity contribution in [3.05, 3.63) is 35.9 Å². The highest BCUT2D eigenvalue weighted by molar-refractivity contribution is 5.88. The van der Waals surface area contributed by atoms with Gasteiger partial charge in [0.05, 0.1) is 5.41 Å². The zero-order valence-corrected chi connectivity index (χ0v) is 10.4. The molecular weight excluding hydrogens is 222 g/mol. The predicted octanol–water partition coefficient (Wildman–Crippen LogP) is 2.23. The maximum absolute atomic E-state index is 11.9. The smallest absolute Gasteiger partial charge is 0.224 e. The van der Waals surface area contributed by atoms with Crippen molar-refractivity contribution < 1.29 is 4.79 Å². The summed E-state index contributed by atoms with van der Waals surface area (Å²) in [5, 5.41) is 0. The minimum absolute atomic E-state index is 0.0188. The molecule has 1 aromatic carbocycles. The van der Waals surface area contributed by atoms with Crippen LogP contribution in [-0.4, -0.2) is 5.91 Å². The highest BCUT2D eigenvalue weighted by Gasteiger charge is 2.95. The van der Waals surface area contributed by atoms with E-state index in [0.29, 0.717) is 10.8 Å². The van der Waals surface area contributed by atoms with Crippen LogP contribution < -0.4 is 5.73 Å². The molecule has 0 bridgehead atoms. The third-order valence-corrected chi connectivity index (χ3v) is 7.03. The Labute approximate surface area is 107 Å². The third kappa shape index (κ3) is 0.584. The van der Waals surface area contributed by atoms with E-state index in [1.165, 1.54) is 18.4 Å². The molecule has 0 aromatic heterocycles. The van der Waals surface area contributed by atoms with Gasteiger partial charge in [0.1, 0.15) is 0 Å². The molecule has 5 unspecified atom stereocenters. The van der Waals surface area contributed by atoms with Gasteiger partial charge in [0.25, 0.3) is 0 Å². The summed E-state index contributed by atoms with van der Waals surface area (Å²) in [7, 11) is 0. The van der Waals surface area contributed by atoms with Crippen molar-refractivity contribution in [2.75, 3.05) is 0 Å². The molecule has 18 heavy (non-hydrogen) atoms. The summed E-state index contributed by atoms with van der Waals surface area (Å²) in [5.74, 6) is 1.56. The van der Waals surface area contributed by atoms with Crippen molar-refractivity contribution in [1.82, 2.24) is 0 Å². The zero-order chi connectivity index (χ0) is 12.2. The van der Waals surface area contributed by atoms with E-state index in [2.05, 4.69) is 30.3 Å². The number of carbonyl (C=O) groups excluding carboxylic acids is 1. The van der Waals surface area contributed by atoms with Crippen molar-refractivity contribution in [2.24, 2.45) is 28.4 Å². The quantitative estimate of drug-likeness (QED) is 0.845. The van der Waals surface area contributed by atoms with E-state index in [9.17, 15) is 4.79 Å². The van der Waals surface area contributed by atoms with Gasteiger partial charge in [-0.05, 0) is 43.1 Å². The second kappa shape index (κ2) is 2.38. The van der Waals surface area contributed by atoms with Crippen molar-refractivity contribution in [2.45, 2.75) is 31.1 Å². The molecule has 1 spiro atoms. The van der Waals surface area contributed by atoms with Gasteiger partial charge in [0.2, 0.25) is 5.91 Å². The van der Waals surface area contributed by atoms with Crippen LogP contribution in [0.5, 0.6) is 0 Å². The number of rotatable bonds is 2. The monoisotopic (exact) mass is 239 g/mol. The molecule has 4 aliphatic carbocycles. The molecule has 2 nitrogen and oxygen atoms in total. The lowest BCUT2D eigenvalue weighted by Gasteiger charge is -2.95.